The van der Waals surface area contributed by atoms with E-state index in [1.54, 1.807) is 7.11 Å². The molecule has 24 heavy (non-hydrogen) atoms. The van der Waals surface area contributed by atoms with E-state index in [1.165, 1.54) is 0 Å². The average Bonchev–Trinajstić information content (AvgIpc) is 2.93. The van der Waals surface area contributed by atoms with Crippen LogP contribution in [0.2, 0.25) is 5.02 Å². The summed E-state index contributed by atoms with van der Waals surface area (Å²) in [6.07, 6.45) is 1.87. The number of allylic oxidation sites excluding steroid dienone is 1. The van der Waals surface area contributed by atoms with Gasteiger partial charge in [-0.15, -0.1) is 6.58 Å². The second-order valence-electron chi connectivity index (χ2n) is 5.48. The van der Waals surface area contributed by atoms with Crippen LogP contribution in [0.4, 0.5) is 0 Å². The minimum absolute atomic E-state index is 0.651. The van der Waals surface area contributed by atoms with Crippen molar-refractivity contribution in [2.45, 2.75) is 19.6 Å². The average molecular weight is 342 g/mol. The molecule has 5 heteroatoms. The van der Waals surface area contributed by atoms with E-state index in [2.05, 4.69) is 22.5 Å². The Kier molecular flexibility index (Phi) is 5.18. The van der Waals surface area contributed by atoms with Gasteiger partial charge in [-0.2, -0.15) is 0 Å². The predicted molar refractivity (Wildman–Crippen MR) is 98.5 cm³/mol. The third kappa shape index (κ3) is 3.45. The van der Waals surface area contributed by atoms with Crippen LogP contribution >= 0.6 is 11.6 Å². The minimum atomic E-state index is 0.651. The van der Waals surface area contributed by atoms with Gasteiger partial charge in [0.1, 0.15) is 11.6 Å². The van der Waals surface area contributed by atoms with E-state index < -0.39 is 0 Å². The number of ether oxygens (including phenoxy) is 1. The van der Waals surface area contributed by atoms with E-state index in [4.69, 9.17) is 21.3 Å². The summed E-state index contributed by atoms with van der Waals surface area (Å²) in [4.78, 5) is 4.71. The Hall–Kier alpha value is -2.30. The number of methoxy groups -OCH3 is 1. The smallest absolute Gasteiger partial charge is 0.124 e. The van der Waals surface area contributed by atoms with Gasteiger partial charge in [0.25, 0.3) is 0 Å². The molecule has 0 unspecified atom stereocenters. The van der Waals surface area contributed by atoms with Gasteiger partial charge in [0, 0.05) is 23.7 Å². The van der Waals surface area contributed by atoms with Crippen LogP contribution in [0.1, 0.15) is 11.4 Å². The van der Waals surface area contributed by atoms with Crippen molar-refractivity contribution in [1.82, 2.24) is 14.9 Å². The summed E-state index contributed by atoms with van der Waals surface area (Å²) in [5, 5.41) is 4.15. The lowest BCUT2D eigenvalue weighted by Gasteiger charge is -2.10. The van der Waals surface area contributed by atoms with Crippen molar-refractivity contribution in [3.8, 4) is 5.75 Å². The molecule has 2 aromatic carbocycles. The van der Waals surface area contributed by atoms with Gasteiger partial charge in [-0.3, -0.25) is 0 Å². The maximum atomic E-state index is 6.12. The first-order chi connectivity index (χ1) is 11.7. The number of nitrogens with zero attached hydrogens (tertiary/aromatic N) is 2. The molecule has 0 atom stereocenters. The molecular formula is C19H20ClN3O. The summed E-state index contributed by atoms with van der Waals surface area (Å²) in [5.41, 5.74) is 3.08. The van der Waals surface area contributed by atoms with Gasteiger partial charge in [-0.25, -0.2) is 4.98 Å². The zero-order valence-electron chi connectivity index (χ0n) is 13.6. The van der Waals surface area contributed by atoms with Gasteiger partial charge >= 0.3 is 0 Å². The van der Waals surface area contributed by atoms with Crippen LogP contribution in [-0.2, 0) is 19.6 Å². The number of hydrogen-bond donors (Lipinski definition) is 1. The molecule has 4 nitrogen and oxygen atoms in total. The van der Waals surface area contributed by atoms with Gasteiger partial charge < -0.3 is 14.6 Å². The molecule has 0 amide bonds. The lowest BCUT2D eigenvalue weighted by atomic mass is 10.2. The highest BCUT2D eigenvalue weighted by atomic mass is 35.5. The molecule has 0 saturated carbocycles. The Morgan fingerprint density at radius 1 is 1.25 bits per heavy atom. The molecule has 3 rings (SSSR count). The first-order valence-corrected chi connectivity index (χ1v) is 8.19. The normalized spacial score (nSPS) is 10.9. The maximum Gasteiger partial charge on any atom is 0.124 e. The molecule has 0 aliphatic rings. The Morgan fingerprint density at radius 2 is 2.08 bits per heavy atom. The quantitative estimate of drug-likeness (QED) is 0.655. The number of fused-ring (bicyclic) bond motifs is 1. The van der Waals surface area contributed by atoms with Gasteiger partial charge in [-0.1, -0.05) is 35.9 Å². The van der Waals surface area contributed by atoms with Gasteiger partial charge in [-0.05, 0) is 24.3 Å². The second-order valence-corrected chi connectivity index (χ2v) is 5.91. The lowest BCUT2D eigenvalue weighted by Crippen LogP contribution is -2.17. The second kappa shape index (κ2) is 7.51. The van der Waals surface area contributed by atoms with Crippen molar-refractivity contribution in [3.63, 3.8) is 0 Å². The number of para-hydroxylation sites is 1. The van der Waals surface area contributed by atoms with Crippen LogP contribution in [0.25, 0.3) is 11.0 Å². The number of halogens is 1. The zero-order chi connectivity index (χ0) is 16.9. The molecule has 0 fully saturated rings. The molecular weight excluding hydrogens is 322 g/mol. The SMILES string of the molecule is C=CCn1c(CNCc2ccccc2OC)nc2ccc(Cl)cc21. The Labute approximate surface area is 146 Å². The van der Waals surface area contributed by atoms with Crippen molar-refractivity contribution >= 4 is 22.6 Å². The number of rotatable bonds is 7. The van der Waals surface area contributed by atoms with E-state index in [9.17, 15) is 0 Å². The molecule has 0 aliphatic carbocycles. The summed E-state index contributed by atoms with van der Waals surface area (Å²) < 4.78 is 7.51. The van der Waals surface area contributed by atoms with Crippen LogP contribution in [0, 0.1) is 0 Å². The Balaban J connectivity index is 1.79. The van der Waals surface area contributed by atoms with Crippen LogP contribution < -0.4 is 10.1 Å². The number of hydrogen-bond acceptors (Lipinski definition) is 3. The van der Waals surface area contributed by atoms with Gasteiger partial charge in [0.05, 0.1) is 24.7 Å². The fraction of sp³-hybridized carbons (Fsp3) is 0.211. The van der Waals surface area contributed by atoms with Crippen LogP contribution in [0.3, 0.4) is 0 Å². The van der Waals surface area contributed by atoms with Crippen LogP contribution in [0.5, 0.6) is 5.75 Å². The molecule has 0 aliphatic heterocycles. The monoisotopic (exact) mass is 341 g/mol. The topological polar surface area (TPSA) is 39.1 Å². The summed E-state index contributed by atoms with van der Waals surface area (Å²) in [6, 6.07) is 13.7. The van der Waals surface area contributed by atoms with E-state index in [-0.39, 0.29) is 0 Å². The Morgan fingerprint density at radius 3 is 2.88 bits per heavy atom. The third-order valence-electron chi connectivity index (χ3n) is 3.89. The molecule has 0 bridgehead atoms. The number of imidazole rings is 1. The Bertz CT molecular complexity index is 857. The van der Waals surface area contributed by atoms with E-state index >= 15 is 0 Å². The fourth-order valence-corrected chi connectivity index (χ4v) is 2.94. The molecule has 0 spiro atoms. The summed E-state index contributed by atoms with van der Waals surface area (Å²) in [5.74, 6) is 1.85. The number of aromatic nitrogens is 2. The van der Waals surface area contributed by atoms with Gasteiger partial charge in [0.2, 0.25) is 0 Å². The highest BCUT2D eigenvalue weighted by Gasteiger charge is 2.10. The molecule has 1 N–H and O–H groups in total. The van der Waals surface area contributed by atoms with Crippen molar-refractivity contribution in [2.75, 3.05) is 7.11 Å². The third-order valence-corrected chi connectivity index (χ3v) is 4.13. The zero-order valence-corrected chi connectivity index (χ0v) is 14.4. The molecule has 1 heterocycles. The highest BCUT2D eigenvalue weighted by Crippen LogP contribution is 2.21. The van der Waals surface area contributed by atoms with E-state index in [1.807, 2.05) is 42.5 Å². The van der Waals surface area contributed by atoms with E-state index in [0.29, 0.717) is 24.7 Å². The van der Waals surface area contributed by atoms with Crippen molar-refractivity contribution in [1.29, 1.82) is 0 Å². The number of nitrogens with one attached hydrogen (secondary N) is 1. The molecule has 3 aromatic rings. The summed E-state index contributed by atoms with van der Waals surface area (Å²) in [7, 11) is 1.69. The molecule has 124 valence electrons. The maximum absolute atomic E-state index is 6.12. The highest BCUT2D eigenvalue weighted by molar-refractivity contribution is 6.31. The van der Waals surface area contributed by atoms with Crippen molar-refractivity contribution in [2.24, 2.45) is 0 Å². The molecule has 0 saturated heterocycles. The molecule has 0 radical (unpaired) electrons. The van der Waals surface area contributed by atoms with Crippen molar-refractivity contribution in [3.05, 3.63) is 71.5 Å². The minimum Gasteiger partial charge on any atom is -0.496 e. The summed E-state index contributed by atoms with van der Waals surface area (Å²) in [6.45, 7) is 5.90. The standard InChI is InChI=1S/C19H20ClN3O/c1-3-10-23-17-11-15(20)8-9-16(17)22-19(23)13-21-12-14-6-4-5-7-18(14)24-2/h3-9,11,21H,1,10,12-13H2,2H3. The van der Waals surface area contributed by atoms with E-state index in [0.717, 1.165) is 28.2 Å². The first kappa shape index (κ1) is 16.6. The van der Waals surface area contributed by atoms with Crippen molar-refractivity contribution < 1.29 is 4.74 Å². The van der Waals surface area contributed by atoms with Crippen LogP contribution in [0.15, 0.2) is 55.1 Å². The van der Waals surface area contributed by atoms with Crippen LogP contribution in [-0.4, -0.2) is 16.7 Å². The van der Waals surface area contributed by atoms with Gasteiger partial charge in [0.15, 0.2) is 0 Å². The first-order valence-electron chi connectivity index (χ1n) is 7.81. The largest absolute Gasteiger partial charge is 0.496 e. The lowest BCUT2D eigenvalue weighted by molar-refractivity contribution is 0.407. The fourth-order valence-electron chi connectivity index (χ4n) is 2.77. The number of benzene rings is 2. The molecule has 1 aromatic heterocycles. The summed E-state index contributed by atoms with van der Waals surface area (Å²) >= 11 is 6.12. The predicted octanol–water partition coefficient (Wildman–Crippen LogP) is 4.17.